The third-order valence-corrected chi connectivity index (χ3v) is 3.93. The van der Waals surface area contributed by atoms with E-state index in [1.54, 1.807) is 0 Å². The van der Waals surface area contributed by atoms with Crippen LogP contribution in [0.3, 0.4) is 0 Å². The summed E-state index contributed by atoms with van der Waals surface area (Å²) >= 11 is 0. The molecule has 0 fully saturated rings. The van der Waals surface area contributed by atoms with Gasteiger partial charge in [-0.2, -0.15) is 0 Å². The largest absolute Gasteiger partial charge is 0.493 e. The second kappa shape index (κ2) is 8.99. The first-order valence-corrected chi connectivity index (χ1v) is 8.41. The molecule has 2 amide bonds. The smallest absolute Gasteiger partial charge is 0.230 e. The Hall–Kier alpha value is -2.89. The first-order valence-electron chi connectivity index (χ1n) is 8.41. The molecule has 0 aliphatic heterocycles. The van der Waals surface area contributed by atoms with Crippen LogP contribution in [0.25, 0.3) is 0 Å². The van der Waals surface area contributed by atoms with E-state index in [1.807, 2.05) is 32.0 Å². The van der Waals surface area contributed by atoms with Gasteiger partial charge in [-0.3, -0.25) is 9.59 Å². The van der Waals surface area contributed by atoms with Gasteiger partial charge in [-0.25, -0.2) is 4.39 Å². The maximum absolute atomic E-state index is 13.1. The summed E-state index contributed by atoms with van der Waals surface area (Å²) < 4.78 is 18.8. The Balaban J connectivity index is 2.01. The van der Waals surface area contributed by atoms with Crippen molar-refractivity contribution in [2.45, 2.75) is 26.7 Å². The molecule has 0 aliphatic rings. The van der Waals surface area contributed by atoms with Crippen molar-refractivity contribution in [3.8, 4) is 5.75 Å². The zero-order valence-corrected chi connectivity index (χ0v) is 15.0. The lowest BCUT2D eigenvalue weighted by molar-refractivity contribution is -0.119. The molecule has 2 rings (SSSR count). The number of hydrogen-bond donors (Lipinski definition) is 1. The molecule has 0 bridgehead atoms. The average Bonchev–Trinajstić information content (AvgIpc) is 2.58. The normalized spacial score (nSPS) is 10.4. The number of aryl methyl sites for hydroxylation is 2. The maximum atomic E-state index is 13.1. The minimum absolute atomic E-state index is 0.0288. The lowest BCUT2D eigenvalue weighted by Crippen LogP contribution is -2.34. The van der Waals surface area contributed by atoms with Crippen LogP contribution in [0.2, 0.25) is 0 Å². The van der Waals surface area contributed by atoms with Crippen LogP contribution in [0.1, 0.15) is 24.0 Å². The minimum atomic E-state index is -0.503. The molecule has 2 aromatic rings. The van der Waals surface area contributed by atoms with Gasteiger partial charge in [0.05, 0.1) is 13.0 Å². The van der Waals surface area contributed by atoms with Gasteiger partial charge in [0, 0.05) is 18.7 Å². The zero-order chi connectivity index (χ0) is 19.1. The van der Waals surface area contributed by atoms with Crippen LogP contribution in [0.15, 0.2) is 42.5 Å². The summed E-state index contributed by atoms with van der Waals surface area (Å²) in [6.45, 7) is 4.29. The van der Waals surface area contributed by atoms with E-state index in [9.17, 15) is 14.0 Å². The molecule has 26 heavy (non-hydrogen) atoms. The molecule has 0 aliphatic carbocycles. The molecule has 5 nitrogen and oxygen atoms in total. The van der Waals surface area contributed by atoms with Gasteiger partial charge in [-0.05, 0) is 49.7 Å². The number of halogens is 1. The molecule has 0 atom stereocenters. The van der Waals surface area contributed by atoms with E-state index < -0.39 is 11.7 Å². The fourth-order valence-electron chi connectivity index (χ4n) is 2.59. The third kappa shape index (κ3) is 5.58. The van der Waals surface area contributed by atoms with Crippen molar-refractivity contribution < 1.29 is 18.7 Å². The number of carbonyl (C=O) groups excluding carboxylic acids is 2. The van der Waals surface area contributed by atoms with Gasteiger partial charge in [-0.1, -0.05) is 17.7 Å². The van der Waals surface area contributed by atoms with Gasteiger partial charge < -0.3 is 15.4 Å². The maximum Gasteiger partial charge on any atom is 0.230 e. The summed E-state index contributed by atoms with van der Waals surface area (Å²) in [5.41, 5.74) is 7.84. The number of carbonyl (C=O) groups is 2. The lowest BCUT2D eigenvalue weighted by atomic mass is 10.1. The van der Waals surface area contributed by atoms with E-state index in [1.165, 1.54) is 29.2 Å². The molecular formula is C20H23FN2O3. The van der Waals surface area contributed by atoms with Gasteiger partial charge in [0.2, 0.25) is 11.8 Å². The van der Waals surface area contributed by atoms with Gasteiger partial charge in [0.25, 0.3) is 0 Å². The van der Waals surface area contributed by atoms with Crippen LogP contribution in [0.4, 0.5) is 10.1 Å². The van der Waals surface area contributed by atoms with Crippen molar-refractivity contribution in [2.24, 2.45) is 5.73 Å². The van der Waals surface area contributed by atoms with Crippen molar-refractivity contribution in [3.63, 3.8) is 0 Å². The van der Waals surface area contributed by atoms with Gasteiger partial charge >= 0.3 is 0 Å². The number of amides is 2. The van der Waals surface area contributed by atoms with Crippen molar-refractivity contribution in [3.05, 3.63) is 59.4 Å². The number of rotatable bonds is 8. The van der Waals surface area contributed by atoms with Crippen molar-refractivity contribution in [2.75, 3.05) is 18.1 Å². The molecule has 0 aromatic heterocycles. The number of primary amides is 1. The van der Waals surface area contributed by atoms with Crippen LogP contribution < -0.4 is 15.4 Å². The molecular weight excluding hydrogens is 335 g/mol. The summed E-state index contributed by atoms with van der Waals surface area (Å²) in [5.74, 6) is -0.387. The summed E-state index contributed by atoms with van der Waals surface area (Å²) in [5, 5.41) is 0. The molecule has 0 saturated heterocycles. The van der Waals surface area contributed by atoms with Gasteiger partial charge in [0.1, 0.15) is 11.6 Å². The second-order valence-corrected chi connectivity index (χ2v) is 6.11. The summed E-state index contributed by atoms with van der Waals surface area (Å²) in [4.78, 5) is 25.1. The Bertz CT molecular complexity index is 775. The fourth-order valence-corrected chi connectivity index (χ4v) is 2.59. The molecule has 0 saturated carbocycles. The number of ether oxygens (including phenoxy) is 1. The van der Waals surface area contributed by atoms with E-state index in [0.717, 1.165) is 16.9 Å². The fraction of sp³-hybridized carbons (Fsp3) is 0.300. The van der Waals surface area contributed by atoms with E-state index >= 15 is 0 Å². The standard InChI is InChI=1S/C20H23FN2O3/c1-14-3-8-18(15(2)13-14)26-12-10-20(25)23(11-9-19(22)24)17-6-4-16(21)5-7-17/h3-8,13H,9-12H2,1-2H3,(H2,22,24). The first kappa shape index (κ1) is 19.4. The Kier molecular flexibility index (Phi) is 6.72. The highest BCUT2D eigenvalue weighted by atomic mass is 19.1. The van der Waals surface area contributed by atoms with Crippen LogP contribution in [0.5, 0.6) is 5.75 Å². The van der Waals surface area contributed by atoms with Gasteiger partial charge in [-0.15, -0.1) is 0 Å². The molecule has 2 aromatic carbocycles. The predicted octanol–water partition coefficient (Wildman–Crippen LogP) is 3.12. The van der Waals surface area contributed by atoms with Crippen molar-refractivity contribution in [1.82, 2.24) is 0 Å². The lowest BCUT2D eigenvalue weighted by Gasteiger charge is -2.22. The van der Waals surface area contributed by atoms with E-state index in [0.29, 0.717) is 5.69 Å². The summed E-state index contributed by atoms with van der Waals surface area (Å²) in [6, 6.07) is 11.4. The highest BCUT2D eigenvalue weighted by Gasteiger charge is 2.17. The molecule has 0 unspecified atom stereocenters. The molecule has 2 N–H and O–H groups in total. The van der Waals surface area contributed by atoms with E-state index in [4.69, 9.17) is 10.5 Å². The van der Waals surface area contributed by atoms with Gasteiger partial charge in [0.15, 0.2) is 0 Å². The SMILES string of the molecule is Cc1ccc(OCCC(=O)N(CCC(N)=O)c2ccc(F)cc2)c(C)c1. The predicted molar refractivity (Wildman–Crippen MR) is 98.6 cm³/mol. The topological polar surface area (TPSA) is 72.6 Å². The highest BCUT2D eigenvalue weighted by Crippen LogP contribution is 2.20. The number of nitrogens with zero attached hydrogens (tertiary/aromatic N) is 1. The first-order chi connectivity index (χ1) is 12.4. The molecule has 0 radical (unpaired) electrons. The highest BCUT2D eigenvalue weighted by molar-refractivity contribution is 5.94. The minimum Gasteiger partial charge on any atom is -0.493 e. The molecule has 6 heteroatoms. The molecule has 0 spiro atoms. The Morgan fingerprint density at radius 2 is 1.77 bits per heavy atom. The van der Waals surface area contributed by atoms with Crippen LogP contribution in [-0.4, -0.2) is 25.0 Å². The van der Waals surface area contributed by atoms with Crippen molar-refractivity contribution in [1.29, 1.82) is 0 Å². The Morgan fingerprint density at radius 1 is 1.08 bits per heavy atom. The van der Waals surface area contributed by atoms with Crippen LogP contribution in [0, 0.1) is 19.7 Å². The third-order valence-electron chi connectivity index (χ3n) is 3.93. The molecule has 0 heterocycles. The summed E-state index contributed by atoms with van der Waals surface area (Å²) in [7, 11) is 0. The van der Waals surface area contributed by atoms with Crippen LogP contribution >= 0.6 is 0 Å². The Labute approximate surface area is 152 Å². The second-order valence-electron chi connectivity index (χ2n) is 6.11. The number of hydrogen-bond acceptors (Lipinski definition) is 3. The number of benzene rings is 2. The quantitative estimate of drug-likeness (QED) is 0.788. The summed E-state index contributed by atoms with van der Waals surface area (Å²) in [6.07, 6.45) is 0.157. The number of nitrogens with two attached hydrogens (primary N) is 1. The van der Waals surface area contributed by atoms with E-state index in [-0.39, 0.29) is 31.9 Å². The molecule has 138 valence electrons. The average molecular weight is 358 g/mol. The number of anilines is 1. The Morgan fingerprint density at radius 3 is 2.38 bits per heavy atom. The monoisotopic (exact) mass is 358 g/mol. The zero-order valence-electron chi connectivity index (χ0n) is 15.0. The van der Waals surface area contributed by atoms with Crippen LogP contribution in [-0.2, 0) is 9.59 Å². The van der Waals surface area contributed by atoms with Crippen molar-refractivity contribution >= 4 is 17.5 Å². The van der Waals surface area contributed by atoms with E-state index in [2.05, 4.69) is 0 Å².